The smallest absolute Gasteiger partial charge is 0.188 e. The molecule has 2 rings (SSSR count). The quantitative estimate of drug-likeness (QED) is 0.844. The number of thioether (sulfide) groups is 1. The van der Waals surface area contributed by atoms with Crippen LogP contribution in [0.2, 0.25) is 0 Å². The highest BCUT2D eigenvalue weighted by Crippen LogP contribution is 2.23. The van der Waals surface area contributed by atoms with Gasteiger partial charge in [-0.05, 0) is 30.5 Å². The Morgan fingerprint density at radius 2 is 2.12 bits per heavy atom. The van der Waals surface area contributed by atoms with Gasteiger partial charge in [0.2, 0.25) is 0 Å². The summed E-state index contributed by atoms with van der Waals surface area (Å²) >= 11 is 3.06. The minimum atomic E-state index is 0.614. The lowest BCUT2D eigenvalue weighted by Crippen LogP contribution is -1.87. The van der Waals surface area contributed by atoms with Crippen LogP contribution >= 0.6 is 23.1 Å². The molecule has 0 aliphatic heterocycles. The Kier molecular flexibility index (Phi) is 3.44. The minimum absolute atomic E-state index is 0.614. The van der Waals surface area contributed by atoms with Crippen molar-refractivity contribution in [3.63, 3.8) is 0 Å². The van der Waals surface area contributed by atoms with Gasteiger partial charge in [0.05, 0.1) is 6.20 Å². The number of aromatic nitrogens is 1. The third kappa shape index (κ3) is 2.54. The fraction of sp³-hybridized carbons (Fsp3) is 0.0909. The van der Waals surface area contributed by atoms with E-state index in [0.29, 0.717) is 4.88 Å². The number of hydrogen-bond donors (Lipinski definition) is 1. The maximum Gasteiger partial charge on any atom is 0.188 e. The van der Waals surface area contributed by atoms with Crippen LogP contribution in [0.4, 0.5) is 10.8 Å². The Labute approximate surface area is 102 Å². The van der Waals surface area contributed by atoms with Gasteiger partial charge < -0.3 is 5.32 Å². The van der Waals surface area contributed by atoms with Gasteiger partial charge in [0.25, 0.3) is 0 Å². The van der Waals surface area contributed by atoms with Crippen molar-refractivity contribution in [1.29, 1.82) is 5.26 Å². The maximum absolute atomic E-state index is 8.68. The summed E-state index contributed by atoms with van der Waals surface area (Å²) in [4.78, 5) is 5.94. The van der Waals surface area contributed by atoms with Gasteiger partial charge >= 0.3 is 0 Å². The number of nitrogens with one attached hydrogen (secondary N) is 1. The van der Waals surface area contributed by atoms with Crippen LogP contribution in [0.15, 0.2) is 35.4 Å². The largest absolute Gasteiger partial charge is 0.332 e. The highest BCUT2D eigenvalue weighted by atomic mass is 32.2. The summed E-state index contributed by atoms with van der Waals surface area (Å²) in [5, 5.41) is 12.6. The second kappa shape index (κ2) is 5.01. The molecule has 0 saturated carbocycles. The van der Waals surface area contributed by atoms with E-state index in [-0.39, 0.29) is 0 Å². The average molecular weight is 247 g/mol. The van der Waals surface area contributed by atoms with Crippen molar-refractivity contribution in [3.05, 3.63) is 35.3 Å². The van der Waals surface area contributed by atoms with Crippen LogP contribution in [0.25, 0.3) is 0 Å². The molecule has 0 aliphatic rings. The molecule has 1 aromatic carbocycles. The molecule has 0 amide bonds. The van der Waals surface area contributed by atoms with Crippen molar-refractivity contribution in [3.8, 4) is 6.07 Å². The number of thiazole rings is 1. The van der Waals surface area contributed by atoms with E-state index in [1.165, 1.54) is 16.2 Å². The molecule has 1 aromatic heterocycles. The van der Waals surface area contributed by atoms with E-state index in [1.807, 2.05) is 30.5 Å². The zero-order valence-electron chi connectivity index (χ0n) is 8.60. The molecule has 0 fully saturated rings. The van der Waals surface area contributed by atoms with Gasteiger partial charge in [-0.25, -0.2) is 4.98 Å². The maximum atomic E-state index is 8.68. The molecule has 3 nitrogen and oxygen atoms in total. The molecule has 0 bridgehead atoms. The van der Waals surface area contributed by atoms with Crippen LogP contribution in [0.5, 0.6) is 0 Å². The molecule has 0 saturated heterocycles. The minimum Gasteiger partial charge on any atom is -0.332 e. The predicted octanol–water partition coefficient (Wildman–Crippen LogP) is 3.48. The Morgan fingerprint density at radius 3 is 2.69 bits per heavy atom. The SMILES string of the molecule is CSc1ccc(Nc2ncc(C#N)s2)cc1. The van der Waals surface area contributed by atoms with E-state index >= 15 is 0 Å². The Hall–Kier alpha value is -1.51. The molecule has 5 heteroatoms. The van der Waals surface area contributed by atoms with E-state index in [4.69, 9.17) is 5.26 Å². The van der Waals surface area contributed by atoms with Crippen LogP contribution < -0.4 is 5.32 Å². The summed E-state index contributed by atoms with van der Waals surface area (Å²) in [5.41, 5.74) is 0.983. The van der Waals surface area contributed by atoms with E-state index in [9.17, 15) is 0 Å². The molecule has 80 valence electrons. The highest BCUT2D eigenvalue weighted by Gasteiger charge is 2.01. The van der Waals surface area contributed by atoms with Crippen molar-refractivity contribution in [2.45, 2.75) is 4.90 Å². The molecule has 0 unspecified atom stereocenters. The number of nitrogens with zero attached hydrogens (tertiary/aromatic N) is 2. The first-order valence-corrected chi connectivity index (χ1v) is 6.63. The zero-order valence-corrected chi connectivity index (χ0v) is 10.2. The summed E-state index contributed by atoms with van der Waals surface area (Å²) < 4.78 is 0. The molecule has 1 N–H and O–H groups in total. The molecule has 0 radical (unpaired) electrons. The van der Waals surface area contributed by atoms with E-state index < -0.39 is 0 Å². The molecule has 2 aromatic rings. The zero-order chi connectivity index (χ0) is 11.4. The van der Waals surface area contributed by atoms with Crippen LogP contribution in [-0.4, -0.2) is 11.2 Å². The second-order valence-corrected chi connectivity index (χ2v) is 4.91. The average Bonchev–Trinajstić information content (AvgIpc) is 2.78. The summed E-state index contributed by atoms with van der Waals surface area (Å²) in [6.07, 6.45) is 3.62. The van der Waals surface area contributed by atoms with E-state index in [2.05, 4.69) is 16.4 Å². The number of benzene rings is 1. The molecule has 0 aliphatic carbocycles. The highest BCUT2D eigenvalue weighted by molar-refractivity contribution is 7.98. The fourth-order valence-corrected chi connectivity index (χ4v) is 2.22. The summed E-state index contributed by atoms with van der Waals surface area (Å²) in [7, 11) is 0. The molecule has 0 atom stereocenters. The molecular weight excluding hydrogens is 238 g/mol. The Bertz CT molecular complexity index is 511. The first-order valence-electron chi connectivity index (χ1n) is 4.59. The first-order chi connectivity index (χ1) is 7.81. The van der Waals surface area contributed by atoms with Gasteiger partial charge in [0, 0.05) is 10.6 Å². The van der Waals surface area contributed by atoms with E-state index in [0.717, 1.165) is 10.8 Å². The van der Waals surface area contributed by atoms with Gasteiger partial charge in [-0.1, -0.05) is 11.3 Å². The van der Waals surface area contributed by atoms with E-state index in [1.54, 1.807) is 18.0 Å². The summed E-state index contributed by atoms with van der Waals surface area (Å²) in [6.45, 7) is 0. The van der Waals surface area contributed by atoms with Crippen molar-refractivity contribution in [2.75, 3.05) is 11.6 Å². The van der Waals surface area contributed by atoms with Gasteiger partial charge in [-0.3, -0.25) is 0 Å². The standard InChI is InChI=1S/C11H9N3S2/c1-15-9-4-2-8(3-5-9)14-11-13-7-10(6-12)16-11/h2-5,7H,1H3,(H,13,14). The van der Waals surface area contributed by atoms with Gasteiger partial charge in [0.15, 0.2) is 5.13 Å². The van der Waals surface area contributed by atoms with Crippen LogP contribution in [0, 0.1) is 11.3 Å². The monoisotopic (exact) mass is 247 g/mol. The Morgan fingerprint density at radius 1 is 1.38 bits per heavy atom. The first kappa shape index (κ1) is 11.0. The lowest BCUT2D eigenvalue weighted by Gasteiger charge is -2.02. The number of hydrogen-bond acceptors (Lipinski definition) is 5. The molecule has 16 heavy (non-hydrogen) atoms. The van der Waals surface area contributed by atoms with Crippen molar-refractivity contribution in [1.82, 2.24) is 4.98 Å². The van der Waals surface area contributed by atoms with Crippen LogP contribution in [0.3, 0.4) is 0 Å². The third-order valence-electron chi connectivity index (χ3n) is 1.96. The van der Waals surface area contributed by atoms with Crippen LogP contribution in [-0.2, 0) is 0 Å². The molecule has 0 spiro atoms. The topological polar surface area (TPSA) is 48.7 Å². The van der Waals surface area contributed by atoms with Crippen molar-refractivity contribution < 1.29 is 0 Å². The number of nitriles is 1. The lowest BCUT2D eigenvalue weighted by molar-refractivity contribution is 1.37. The predicted molar refractivity (Wildman–Crippen MR) is 68.3 cm³/mol. The summed E-state index contributed by atoms with van der Waals surface area (Å²) in [6, 6.07) is 10.2. The van der Waals surface area contributed by atoms with Crippen molar-refractivity contribution >= 4 is 33.9 Å². The van der Waals surface area contributed by atoms with Gasteiger partial charge in [-0.2, -0.15) is 5.26 Å². The Balaban J connectivity index is 2.11. The second-order valence-electron chi connectivity index (χ2n) is 2.99. The van der Waals surface area contributed by atoms with Gasteiger partial charge in [0.1, 0.15) is 10.9 Å². The summed E-state index contributed by atoms with van der Waals surface area (Å²) in [5.74, 6) is 0. The van der Waals surface area contributed by atoms with Gasteiger partial charge in [-0.15, -0.1) is 11.8 Å². The normalized spacial score (nSPS) is 9.75. The van der Waals surface area contributed by atoms with Crippen molar-refractivity contribution in [2.24, 2.45) is 0 Å². The third-order valence-corrected chi connectivity index (χ3v) is 3.52. The molecule has 1 heterocycles. The van der Waals surface area contributed by atoms with Crippen LogP contribution in [0.1, 0.15) is 4.88 Å². The fourth-order valence-electron chi connectivity index (χ4n) is 1.18. The number of rotatable bonds is 3. The lowest BCUT2D eigenvalue weighted by atomic mass is 10.3. The number of anilines is 2. The molecular formula is C11H9N3S2.